The van der Waals surface area contributed by atoms with Crippen LogP contribution in [0.4, 0.5) is 0 Å². The number of piperazine rings is 1. The van der Waals surface area contributed by atoms with Crippen LogP contribution >= 0.6 is 23.5 Å². The molecule has 0 spiro atoms. The van der Waals surface area contributed by atoms with Gasteiger partial charge in [0, 0.05) is 37.5 Å². The molecule has 10 heteroatoms. The SMILES string of the molecule is CS[C@@]12C[C@@H]3C(=O)CC[C@H](O)[C@@H]3N1C(=O)[C@]1(SC)C[C@H]3C(=O)CC[C@@H](O)[C@@H]3N1C2=O. The van der Waals surface area contributed by atoms with Crippen molar-refractivity contribution in [2.45, 2.75) is 72.6 Å². The van der Waals surface area contributed by atoms with E-state index in [0.717, 1.165) is 0 Å². The number of aliphatic hydroxyl groups is 2. The maximum atomic E-state index is 14.1. The van der Waals surface area contributed by atoms with Crippen molar-refractivity contribution in [2.24, 2.45) is 11.8 Å². The summed E-state index contributed by atoms with van der Waals surface area (Å²) in [4.78, 5) is 54.0. The number of rotatable bonds is 2. The molecule has 8 atom stereocenters. The van der Waals surface area contributed by atoms with Crippen molar-refractivity contribution in [1.82, 2.24) is 9.80 Å². The van der Waals surface area contributed by atoms with Crippen LogP contribution in [0.15, 0.2) is 0 Å². The zero-order valence-electron chi connectivity index (χ0n) is 16.9. The molecule has 0 unspecified atom stereocenters. The first kappa shape index (κ1) is 20.8. The van der Waals surface area contributed by atoms with Crippen LogP contribution < -0.4 is 0 Å². The molecule has 0 radical (unpaired) electrons. The number of aliphatic hydroxyl groups excluding tert-OH is 2. The van der Waals surface area contributed by atoms with E-state index in [0.29, 0.717) is 0 Å². The Balaban J connectivity index is 1.68. The Bertz CT molecular complexity index is 785. The van der Waals surface area contributed by atoms with Gasteiger partial charge in [0.2, 0.25) is 0 Å². The van der Waals surface area contributed by atoms with Crippen LogP contribution in [-0.4, -0.2) is 89.9 Å². The topological polar surface area (TPSA) is 115 Å². The van der Waals surface area contributed by atoms with Crippen LogP contribution in [0.1, 0.15) is 38.5 Å². The highest BCUT2D eigenvalue weighted by Gasteiger charge is 2.75. The normalized spacial score (nSPS) is 47.9. The molecule has 2 amide bonds. The molecule has 5 aliphatic rings. The molecule has 2 aliphatic carbocycles. The summed E-state index contributed by atoms with van der Waals surface area (Å²) in [5.41, 5.74) is 0. The van der Waals surface area contributed by atoms with Crippen molar-refractivity contribution < 1.29 is 29.4 Å². The number of hydrogen-bond donors (Lipinski definition) is 2. The molecular weight excluding hydrogens is 428 g/mol. The average Bonchev–Trinajstić information content (AvgIpc) is 3.29. The predicted molar refractivity (Wildman–Crippen MR) is 110 cm³/mol. The minimum absolute atomic E-state index is 0.0159. The summed E-state index contributed by atoms with van der Waals surface area (Å²) in [6.07, 6.45) is 3.16. The van der Waals surface area contributed by atoms with E-state index in [4.69, 9.17) is 0 Å². The van der Waals surface area contributed by atoms with Gasteiger partial charge in [-0.3, -0.25) is 19.2 Å². The lowest BCUT2D eigenvalue weighted by atomic mass is 9.80. The smallest absolute Gasteiger partial charge is 0.261 e. The monoisotopic (exact) mass is 454 g/mol. The molecule has 0 aromatic carbocycles. The summed E-state index contributed by atoms with van der Waals surface area (Å²) in [7, 11) is 0. The van der Waals surface area contributed by atoms with Gasteiger partial charge in [0.05, 0.1) is 24.3 Å². The van der Waals surface area contributed by atoms with Gasteiger partial charge in [-0.25, -0.2) is 0 Å². The number of thioether (sulfide) groups is 2. The Labute approximate surface area is 183 Å². The molecule has 2 N–H and O–H groups in total. The Morgan fingerprint density at radius 1 is 0.767 bits per heavy atom. The number of ketones is 2. The van der Waals surface area contributed by atoms with Gasteiger partial charge in [0.1, 0.15) is 11.6 Å². The van der Waals surface area contributed by atoms with E-state index >= 15 is 0 Å². The highest BCUT2D eigenvalue weighted by molar-refractivity contribution is 8.01. The van der Waals surface area contributed by atoms with E-state index < -0.39 is 45.9 Å². The van der Waals surface area contributed by atoms with E-state index in [1.54, 1.807) is 12.5 Å². The van der Waals surface area contributed by atoms with Gasteiger partial charge in [-0.05, 0) is 25.4 Å². The maximum absolute atomic E-state index is 14.1. The minimum atomic E-state index is -1.29. The summed E-state index contributed by atoms with van der Waals surface area (Å²) in [5.74, 6) is -1.81. The van der Waals surface area contributed by atoms with Gasteiger partial charge in [-0.2, -0.15) is 0 Å². The van der Waals surface area contributed by atoms with Crippen LogP contribution in [0.25, 0.3) is 0 Å². The van der Waals surface area contributed by atoms with Gasteiger partial charge in [-0.1, -0.05) is 0 Å². The molecule has 30 heavy (non-hydrogen) atoms. The molecule has 164 valence electrons. The Morgan fingerprint density at radius 2 is 1.13 bits per heavy atom. The fraction of sp³-hybridized carbons (Fsp3) is 0.800. The van der Waals surface area contributed by atoms with E-state index in [1.165, 1.54) is 33.3 Å². The number of carbonyl (C=O) groups excluding carboxylic acids is 4. The second-order valence-electron chi connectivity index (χ2n) is 9.07. The standard InChI is InChI=1S/C20H26N2O6S2/c1-29-19-7-9-11(23)3-5-13(25)15(9)21(19)18(28)20(30-2)8-10-12(24)4-6-14(26)16(10)22(20)17(19)27/h9-10,13-16,25-26H,3-8H2,1-2H3/t9-,10+,13+,14-,15-,16-,19-,20-/m1/s1. The molecule has 5 rings (SSSR count). The Kier molecular flexibility index (Phi) is 4.64. The van der Waals surface area contributed by atoms with Crippen LogP contribution in [0.3, 0.4) is 0 Å². The number of carbonyl (C=O) groups is 4. The molecule has 2 saturated carbocycles. The zero-order valence-corrected chi connectivity index (χ0v) is 18.6. The van der Waals surface area contributed by atoms with Crippen molar-refractivity contribution in [2.75, 3.05) is 12.5 Å². The lowest BCUT2D eigenvalue weighted by molar-refractivity contribution is -0.171. The molecule has 0 bridgehead atoms. The van der Waals surface area contributed by atoms with Crippen molar-refractivity contribution in [1.29, 1.82) is 0 Å². The summed E-state index contributed by atoms with van der Waals surface area (Å²) >= 11 is 2.44. The third kappa shape index (κ3) is 2.28. The van der Waals surface area contributed by atoms with E-state index in [2.05, 4.69) is 0 Å². The first-order valence-electron chi connectivity index (χ1n) is 10.4. The second-order valence-corrected chi connectivity index (χ2v) is 11.2. The van der Waals surface area contributed by atoms with E-state index in [9.17, 15) is 29.4 Å². The van der Waals surface area contributed by atoms with Gasteiger partial charge >= 0.3 is 0 Å². The second kappa shape index (κ2) is 6.70. The highest BCUT2D eigenvalue weighted by Crippen LogP contribution is 2.60. The molecular formula is C20H26N2O6S2. The van der Waals surface area contributed by atoms with Crippen LogP contribution in [0.5, 0.6) is 0 Å². The first-order chi connectivity index (χ1) is 14.2. The molecule has 5 fully saturated rings. The number of Topliss-reactive ketones (excluding diaryl/α,β-unsaturated/α-hetero) is 2. The highest BCUT2D eigenvalue weighted by atomic mass is 32.2. The first-order valence-corrected chi connectivity index (χ1v) is 12.9. The number of fused-ring (bicyclic) bond motifs is 6. The van der Waals surface area contributed by atoms with Crippen molar-refractivity contribution in [3.63, 3.8) is 0 Å². The van der Waals surface area contributed by atoms with E-state index in [1.807, 2.05) is 0 Å². The maximum Gasteiger partial charge on any atom is 0.261 e. The predicted octanol–water partition coefficient (Wildman–Crippen LogP) is 0.000400. The van der Waals surface area contributed by atoms with Crippen LogP contribution in [-0.2, 0) is 19.2 Å². The van der Waals surface area contributed by atoms with Gasteiger partial charge in [0.15, 0.2) is 9.74 Å². The third-order valence-electron chi connectivity index (χ3n) is 7.96. The number of nitrogens with zero attached hydrogens (tertiary/aromatic N) is 2. The van der Waals surface area contributed by atoms with Crippen molar-refractivity contribution in [3.8, 4) is 0 Å². The van der Waals surface area contributed by atoms with Crippen LogP contribution in [0.2, 0.25) is 0 Å². The molecule has 8 nitrogen and oxygen atoms in total. The number of hydrogen-bond acceptors (Lipinski definition) is 8. The fourth-order valence-electron chi connectivity index (χ4n) is 6.55. The lowest BCUT2D eigenvalue weighted by Crippen LogP contribution is -2.75. The zero-order chi connectivity index (χ0) is 21.6. The Morgan fingerprint density at radius 3 is 1.47 bits per heavy atom. The summed E-state index contributed by atoms with van der Waals surface area (Å²) in [6, 6.07) is -1.44. The molecule has 3 aliphatic heterocycles. The third-order valence-corrected chi connectivity index (χ3v) is 10.4. The Hall–Kier alpha value is -1.10. The largest absolute Gasteiger partial charge is 0.391 e. The molecule has 0 aromatic heterocycles. The molecule has 3 heterocycles. The fourth-order valence-corrected chi connectivity index (χ4v) is 8.59. The van der Waals surface area contributed by atoms with Gasteiger partial charge < -0.3 is 20.0 Å². The van der Waals surface area contributed by atoms with Gasteiger partial charge in [-0.15, -0.1) is 23.5 Å². The molecule has 3 saturated heterocycles. The van der Waals surface area contributed by atoms with E-state index in [-0.39, 0.29) is 61.9 Å². The van der Waals surface area contributed by atoms with Crippen molar-refractivity contribution >= 4 is 46.9 Å². The number of amides is 2. The van der Waals surface area contributed by atoms with Gasteiger partial charge in [0.25, 0.3) is 11.8 Å². The quantitative estimate of drug-likeness (QED) is 0.599. The molecule has 0 aromatic rings. The average molecular weight is 455 g/mol. The van der Waals surface area contributed by atoms with Crippen molar-refractivity contribution in [3.05, 3.63) is 0 Å². The summed E-state index contributed by atoms with van der Waals surface area (Å²) < 4.78 is 0. The minimum Gasteiger partial charge on any atom is -0.391 e. The van der Waals surface area contributed by atoms with Crippen LogP contribution in [0, 0.1) is 11.8 Å². The summed E-state index contributed by atoms with van der Waals surface area (Å²) in [5, 5.41) is 21.5. The summed E-state index contributed by atoms with van der Waals surface area (Å²) in [6.45, 7) is 0. The lowest BCUT2D eigenvalue weighted by Gasteiger charge is -2.54.